The number of hydrogen-bond acceptors (Lipinski definition) is 1. The zero-order valence-corrected chi connectivity index (χ0v) is 6.38. The Morgan fingerprint density at radius 3 is 1.50 bits per heavy atom. The maximum absolute atomic E-state index is 9.33. The molecule has 0 heterocycles. The molecule has 3 nitrogen and oxygen atoms in total. The van der Waals surface area contributed by atoms with Crippen LogP contribution in [0.2, 0.25) is 0 Å². The Hall–Kier alpha value is 0.880. The standard InChI is InChI=1S/CH5O3P.HI/c1-5(2,3)4;/h1H3,(H2,2,3,4);1H. The van der Waals surface area contributed by atoms with Gasteiger partial charge in [0.25, 0.3) is 0 Å². The van der Waals surface area contributed by atoms with Crippen molar-refractivity contribution in [1.29, 1.82) is 0 Å². The lowest BCUT2D eigenvalue weighted by atomic mass is 12.0. The fourth-order valence-electron chi connectivity index (χ4n) is 0. The Kier molecular flexibility index (Phi) is 4.92. The van der Waals surface area contributed by atoms with E-state index in [1.54, 1.807) is 0 Å². The Labute approximate surface area is 52.9 Å². The number of halogens is 1. The first-order valence-electron chi connectivity index (χ1n) is 1.03. The monoisotopic (exact) mass is 224 g/mol. The maximum atomic E-state index is 9.33. The molecule has 40 valence electrons. The van der Waals surface area contributed by atoms with Gasteiger partial charge in [-0.3, -0.25) is 4.57 Å². The molecule has 0 radical (unpaired) electrons. The highest BCUT2D eigenvalue weighted by Crippen LogP contribution is 2.26. The van der Waals surface area contributed by atoms with Crippen LogP contribution in [0.4, 0.5) is 0 Å². The van der Waals surface area contributed by atoms with E-state index in [1.807, 2.05) is 0 Å². The second-order valence-corrected chi connectivity index (χ2v) is 2.51. The van der Waals surface area contributed by atoms with Crippen molar-refractivity contribution >= 4 is 31.6 Å². The zero-order chi connectivity index (χ0) is 4.50. The molecule has 0 aliphatic carbocycles. The lowest BCUT2D eigenvalue weighted by Crippen LogP contribution is -1.64. The minimum atomic E-state index is -3.64. The predicted molar refractivity (Wildman–Crippen MR) is 33.4 cm³/mol. The van der Waals surface area contributed by atoms with Gasteiger partial charge in [-0.1, -0.05) is 0 Å². The summed E-state index contributed by atoms with van der Waals surface area (Å²) >= 11 is 0. The molecule has 0 unspecified atom stereocenters. The van der Waals surface area contributed by atoms with Crippen LogP contribution in [0.15, 0.2) is 0 Å². The minimum absolute atomic E-state index is 0. The summed E-state index contributed by atoms with van der Waals surface area (Å²) in [5.74, 6) is 0. The molecule has 0 saturated carbocycles. The van der Waals surface area contributed by atoms with Crippen molar-refractivity contribution < 1.29 is 14.4 Å². The average molecular weight is 224 g/mol. The molecule has 2 N–H and O–H groups in total. The van der Waals surface area contributed by atoms with Crippen LogP contribution in [0.3, 0.4) is 0 Å². The minimum Gasteiger partial charge on any atom is -0.325 e. The molecule has 0 bridgehead atoms. The van der Waals surface area contributed by atoms with Gasteiger partial charge in [-0.25, -0.2) is 0 Å². The SMILES string of the molecule is CP(=O)(O)O.I. The molecule has 0 aliphatic rings. The highest BCUT2D eigenvalue weighted by Gasteiger charge is 1.95. The molecule has 6 heavy (non-hydrogen) atoms. The van der Waals surface area contributed by atoms with Gasteiger partial charge in [0.1, 0.15) is 0 Å². The van der Waals surface area contributed by atoms with Crippen LogP contribution < -0.4 is 0 Å². The second-order valence-electron chi connectivity index (χ2n) is 0.835. The van der Waals surface area contributed by atoms with Gasteiger partial charge in [-0.2, -0.15) is 0 Å². The van der Waals surface area contributed by atoms with E-state index in [-0.39, 0.29) is 24.0 Å². The smallest absolute Gasteiger partial charge is 0.322 e. The summed E-state index contributed by atoms with van der Waals surface area (Å²) in [6.07, 6.45) is 0. The lowest BCUT2D eigenvalue weighted by molar-refractivity contribution is 0.381. The van der Waals surface area contributed by atoms with Crippen molar-refractivity contribution in [2.75, 3.05) is 6.66 Å². The molecule has 0 rings (SSSR count). The highest BCUT2D eigenvalue weighted by molar-refractivity contribution is 14.0. The summed E-state index contributed by atoms with van der Waals surface area (Å²) in [6.45, 7) is 0.854. The molecule has 0 amide bonds. The van der Waals surface area contributed by atoms with Gasteiger partial charge in [-0.15, -0.1) is 24.0 Å². The van der Waals surface area contributed by atoms with E-state index in [9.17, 15) is 4.57 Å². The van der Waals surface area contributed by atoms with E-state index >= 15 is 0 Å². The van der Waals surface area contributed by atoms with Gasteiger partial charge < -0.3 is 9.79 Å². The highest BCUT2D eigenvalue weighted by atomic mass is 127. The molecule has 0 aliphatic heterocycles. The Balaban J connectivity index is 0. The van der Waals surface area contributed by atoms with Crippen LogP contribution in [0.5, 0.6) is 0 Å². The summed E-state index contributed by atoms with van der Waals surface area (Å²) in [6, 6.07) is 0. The molecule has 0 aromatic rings. The van der Waals surface area contributed by atoms with Crippen molar-refractivity contribution in [3.05, 3.63) is 0 Å². The summed E-state index contributed by atoms with van der Waals surface area (Å²) < 4.78 is 9.33. The van der Waals surface area contributed by atoms with Crippen molar-refractivity contribution in [2.45, 2.75) is 0 Å². The third-order valence-electron chi connectivity index (χ3n) is 0. The van der Waals surface area contributed by atoms with Gasteiger partial charge in [-0.05, 0) is 0 Å². The van der Waals surface area contributed by atoms with E-state index in [4.69, 9.17) is 9.79 Å². The topological polar surface area (TPSA) is 57.5 Å². The lowest BCUT2D eigenvalue weighted by Gasteiger charge is -1.84. The molecule has 0 fully saturated rings. The summed E-state index contributed by atoms with van der Waals surface area (Å²) in [5, 5.41) is 0. The van der Waals surface area contributed by atoms with Gasteiger partial charge >= 0.3 is 7.60 Å². The van der Waals surface area contributed by atoms with Crippen molar-refractivity contribution in [2.24, 2.45) is 0 Å². The van der Waals surface area contributed by atoms with Crippen molar-refractivity contribution in [3.63, 3.8) is 0 Å². The molecule has 0 aromatic heterocycles. The van der Waals surface area contributed by atoms with E-state index in [0.717, 1.165) is 6.66 Å². The quantitative estimate of drug-likeness (QED) is 0.462. The van der Waals surface area contributed by atoms with E-state index < -0.39 is 7.60 Å². The first kappa shape index (κ1) is 9.99. The van der Waals surface area contributed by atoms with Crippen LogP contribution >= 0.6 is 31.6 Å². The van der Waals surface area contributed by atoms with Crippen molar-refractivity contribution in [3.8, 4) is 0 Å². The van der Waals surface area contributed by atoms with Gasteiger partial charge in [0.2, 0.25) is 0 Å². The fraction of sp³-hybridized carbons (Fsp3) is 1.00. The van der Waals surface area contributed by atoms with Gasteiger partial charge in [0.15, 0.2) is 0 Å². The molecular formula is CH6IO3P. The number of rotatable bonds is 0. The van der Waals surface area contributed by atoms with E-state index in [1.165, 1.54) is 0 Å². The third-order valence-corrected chi connectivity index (χ3v) is 0. The molecule has 0 spiro atoms. The largest absolute Gasteiger partial charge is 0.325 e. The molecule has 0 aromatic carbocycles. The number of hydrogen-bond donors (Lipinski definition) is 2. The summed E-state index contributed by atoms with van der Waals surface area (Å²) in [5.41, 5.74) is 0. The maximum Gasteiger partial charge on any atom is 0.322 e. The van der Waals surface area contributed by atoms with E-state index in [0.29, 0.717) is 0 Å². The van der Waals surface area contributed by atoms with Crippen LogP contribution in [-0.4, -0.2) is 16.5 Å². The van der Waals surface area contributed by atoms with Crippen LogP contribution in [0, 0.1) is 0 Å². The van der Waals surface area contributed by atoms with Crippen LogP contribution in [-0.2, 0) is 4.57 Å². The molecule has 0 atom stereocenters. The Bertz CT molecular complexity index is 56.9. The molecular weight excluding hydrogens is 218 g/mol. The Morgan fingerprint density at radius 1 is 1.50 bits per heavy atom. The molecule has 0 saturated heterocycles. The summed E-state index contributed by atoms with van der Waals surface area (Å²) in [7, 11) is -3.64. The fourth-order valence-corrected chi connectivity index (χ4v) is 0. The Morgan fingerprint density at radius 2 is 1.50 bits per heavy atom. The van der Waals surface area contributed by atoms with Crippen LogP contribution in [0.25, 0.3) is 0 Å². The van der Waals surface area contributed by atoms with Gasteiger partial charge in [0, 0.05) is 6.66 Å². The molecule has 5 heteroatoms. The first-order chi connectivity index (χ1) is 2.00. The first-order valence-corrected chi connectivity index (χ1v) is 3.09. The third kappa shape index (κ3) is 94.9. The zero-order valence-electron chi connectivity index (χ0n) is 3.16. The summed E-state index contributed by atoms with van der Waals surface area (Å²) in [4.78, 5) is 15.3. The van der Waals surface area contributed by atoms with E-state index in [2.05, 4.69) is 0 Å². The predicted octanol–water partition coefficient (Wildman–Crippen LogP) is 0.412. The van der Waals surface area contributed by atoms with Gasteiger partial charge in [0.05, 0.1) is 0 Å². The second kappa shape index (κ2) is 2.96. The van der Waals surface area contributed by atoms with Crippen LogP contribution in [0.1, 0.15) is 0 Å². The average Bonchev–Trinajstić information content (AvgIpc) is 0.722. The normalized spacial score (nSPS) is 9.83. The van der Waals surface area contributed by atoms with Crippen molar-refractivity contribution in [1.82, 2.24) is 0 Å².